The minimum absolute atomic E-state index is 0.113. The van der Waals surface area contributed by atoms with Crippen molar-refractivity contribution in [2.45, 2.75) is 87.6 Å². The lowest BCUT2D eigenvalue weighted by Gasteiger charge is -2.43. The molecule has 2 aromatic rings. The van der Waals surface area contributed by atoms with Gasteiger partial charge in [0.1, 0.15) is 11.4 Å². The third-order valence-electron chi connectivity index (χ3n) is 10.2. The van der Waals surface area contributed by atoms with Crippen LogP contribution >= 0.6 is 11.6 Å². The number of nitrogens with two attached hydrogens (primary N) is 1. The number of piperidine rings is 1. The van der Waals surface area contributed by atoms with Crippen LogP contribution < -0.4 is 21.3 Å². The maximum atomic E-state index is 13.9. The molecule has 2 saturated heterocycles. The number of piperazine rings is 1. The van der Waals surface area contributed by atoms with E-state index in [1.165, 1.54) is 32.1 Å². The van der Waals surface area contributed by atoms with Crippen molar-refractivity contribution >= 4 is 40.5 Å². The molecule has 4 N–H and O–H groups in total. The number of carbonyl (C=O) groups excluding carboxylic acids is 1. The van der Waals surface area contributed by atoms with Crippen molar-refractivity contribution in [1.29, 1.82) is 0 Å². The van der Waals surface area contributed by atoms with Gasteiger partial charge in [0.2, 0.25) is 0 Å². The SMILES string of the molecule is CN1CCN(C2CCN(c3ccncc3NC(=O)c3c(N)nn4c3NCC(Cl)C43CCCCCCCCC3)CC2)CC1. The van der Waals surface area contributed by atoms with Gasteiger partial charge in [-0.15, -0.1) is 11.6 Å². The highest BCUT2D eigenvalue weighted by atomic mass is 35.5. The topological polar surface area (TPSA) is 108 Å². The first-order valence-electron chi connectivity index (χ1n) is 16.2. The van der Waals surface area contributed by atoms with Crippen molar-refractivity contribution in [2.24, 2.45) is 0 Å². The molecule has 0 aromatic carbocycles. The Morgan fingerprint density at radius 2 is 1.69 bits per heavy atom. The molecule has 5 heterocycles. The average Bonchev–Trinajstić information content (AvgIpc) is 3.36. The van der Waals surface area contributed by atoms with Crippen molar-refractivity contribution in [3.05, 3.63) is 24.0 Å². The molecule has 230 valence electrons. The maximum Gasteiger partial charge on any atom is 0.263 e. The highest BCUT2D eigenvalue weighted by molar-refractivity contribution is 6.22. The van der Waals surface area contributed by atoms with Crippen LogP contribution in [-0.2, 0) is 5.54 Å². The van der Waals surface area contributed by atoms with Gasteiger partial charge in [0, 0.05) is 58.1 Å². The fourth-order valence-corrected chi connectivity index (χ4v) is 8.04. The molecule has 2 aromatic heterocycles. The number of likely N-dealkylation sites (N-methyl/N-ethyl adjacent to an activating group) is 1. The summed E-state index contributed by atoms with van der Waals surface area (Å²) in [6.45, 7) is 7.08. The number of pyridine rings is 1. The molecule has 42 heavy (non-hydrogen) atoms. The van der Waals surface area contributed by atoms with Crippen molar-refractivity contribution in [2.75, 3.05) is 74.1 Å². The fourth-order valence-electron chi connectivity index (χ4n) is 7.65. The highest BCUT2D eigenvalue weighted by Crippen LogP contribution is 2.44. The summed E-state index contributed by atoms with van der Waals surface area (Å²) in [5.41, 5.74) is 8.29. The number of aromatic nitrogens is 3. The van der Waals surface area contributed by atoms with Gasteiger partial charge in [-0.25, -0.2) is 4.68 Å². The number of hydrogen-bond acceptors (Lipinski definition) is 8. The van der Waals surface area contributed by atoms with Gasteiger partial charge in [0.25, 0.3) is 5.91 Å². The molecule has 4 aliphatic rings. The number of nitrogens with zero attached hydrogens (tertiary/aromatic N) is 6. The number of nitrogen functional groups attached to an aromatic ring is 1. The lowest BCUT2D eigenvalue weighted by Crippen LogP contribution is -2.52. The number of anilines is 4. The molecule has 3 fully saturated rings. The van der Waals surface area contributed by atoms with Crippen molar-refractivity contribution < 1.29 is 4.79 Å². The molecule has 1 atom stereocenters. The van der Waals surface area contributed by atoms with Gasteiger partial charge >= 0.3 is 0 Å². The number of carbonyl (C=O) groups is 1. The van der Waals surface area contributed by atoms with Crippen LogP contribution in [0.1, 0.15) is 81.0 Å². The van der Waals surface area contributed by atoms with Crippen molar-refractivity contribution in [3.8, 4) is 0 Å². The lowest BCUT2D eigenvalue weighted by atomic mass is 9.81. The van der Waals surface area contributed by atoms with Crippen LogP contribution in [0, 0.1) is 0 Å². The number of rotatable bonds is 4. The van der Waals surface area contributed by atoms with E-state index in [9.17, 15) is 4.79 Å². The summed E-state index contributed by atoms with van der Waals surface area (Å²) in [4.78, 5) is 25.7. The van der Waals surface area contributed by atoms with E-state index in [0.717, 1.165) is 83.5 Å². The molecule has 1 saturated carbocycles. The first-order valence-corrected chi connectivity index (χ1v) is 16.6. The van der Waals surface area contributed by atoms with Crippen LogP contribution in [0.15, 0.2) is 18.5 Å². The molecule has 11 heteroatoms. The minimum atomic E-state index is -0.334. The Morgan fingerprint density at radius 1 is 1.02 bits per heavy atom. The second-order valence-electron chi connectivity index (χ2n) is 12.9. The third-order valence-corrected chi connectivity index (χ3v) is 10.8. The summed E-state index contributed by atoms with van der Waals surface area (Å²) in [5.74, 6) is 0.680. The highest BCUT2D eigenvalue weighted by Gasteiger charge is 2.46. The van der Waals surface area contributed by atoms with E-state index in [1.807, 2.05) is 10.7 Å². The number of nitrogens with one attached hydrogen (secondary N) is 2. The summed E-state index contributed by atoms with van der Waals surface area (Å²) in [5, 5.41) is 11.3. The predicted molar refractivity (Wildman–Crippen MR) is 171 cm³/mol. The van der Waals surface area contributed by atoms with Crippen LogP contribution in [0.2, 0.25) is 0 Å². The van der Waals surface area contributed by atoms with Gasteiger partial charge in [-0.3, -0.25) is 14.7 Å². The zero-order chi connectivity index (χ0) is 29.1. The van der Waals surface area contributed by atoms with Gasteiger partial charge in [0.05, 0.1) is 28.5 Å². The average molecular weight is 598 g/mol. The standard InChI is InChI=1S/C31H48ClN9O/c1-38-17-19-39(20-18-38)23-10-15-40(16-11-23)25-9-14-34-21-24(25)36-30(42)27-28(33)37-41-29(27)35-22-26(32)31(41)12-7-5-3-2-4-6-8-13-31/h9,14,21,23,26,35H,2-8,10-13,15-20,22H2,1H3,(H2,33,37)(H,36,42). The van der Waals surface area contributed by atoms with E-state index >= 15 is 0 Å². The fraction of sp³-hybridized carbons (Fsp3) is 0.710. The molecule has 1 unspecified atom stereocenters. The summed E-state index contributed by atoms with van der Waals surface area (Å²) in [7, 11) is 2.20. The molecular weight excluding hydrogens is 550 g/mol. The molecule has 3 aliphatic heterocycles. The Labute approximate surface area is 255 Å². The molecular formula is C31H48ClN9O. The van der Waals surface area contributed by atoms with Gasteiger partial charge in [-0.1, -0.05) is 44.9 Å². The monoisotopic (exact) mass is 597 g/mol. The van der Waals surface area contributed by atoms with Crippen LogP contribution in [0.3, 0.4) is 0 Å². The second kappa shape index (κ2) is 13.0. The molecule has 0 radical (unpaired) electrons. The van der Waals surface area contributed by atoms with Crippen LogP contribution in [0.4, 0.5) is 23.0 Å². The summed E-state index contributed by atoms with van der Waals surface area (Å²) in [6.07, 6.45) is 16.2. The lowest BCUT2D eigenvalue weighted by molar-refractivity contribution is 0.0982. The van der Waals surface area contributed by atoms with E-state index in [0.29, 0.717) is 29.7 Å². The van der Waals surface area contributed by atoms with E-state index in [4.69, 9.17) is 22.4 Å². The molecule has 1 spiro atoms. The largest absolute Gasteiger partial charge is 0.381 e. The zero-order valence-electron chi connectivity index (χ0n) is 25.2. The number of alkyl halides is 1. The van der Waals surface area contributed by atoms with E-state index in [-0.39, 0.29) is 22.6 Å². The maximum absolute atomic E-state index is 13.9. The van der Waals surface area contributed by atoms with Crippen LogP contribution in [-0.4, -0.2) is 94.8 Å². The van der Waals surface area contributed by atoms with Crippen LogP contribution in [0.5, 0.6) is 0 Å². The third kappa shape index (κ3) is 5.95. The first kappa shape index (κ1) is 29.5. The number of fused-ring (bicyclic) bond motifs is 2. The minimum Gasteiger partial charge on any atom is -0.381 e. The van der Waals surface area contributed by atoms with Crippen molar-refractivity contribution in [3.63, 3.8) is 0 Å². The smallest absolute Gasteiger partial charge is 0.263 e. The molecule has 1 amide bonds. The Hall–Kier alpha value is -2.56. The number of hydrogen-bond donors (Lipinski definition) is 3. The Kier molecular flexibility index (Phi) is 9.12. The Balaban J connectivity index is 1.19. The van der Waals surface area contributed by atoms with E-state index < -0.39 is 0 Å². The first-order chi connectivity index (χ1) is 20.5. The molecule has 1 aliphatic carbocycles. The molecule has 6 rings (SSSR count). The van der Waals surface area contributed by atoms with Gasteiger partial charge < -0.3 is 26.2 Å². The number of halogens is 1. The van der Waals surface area contributed by atoms with Gasteiger partial charge in [-0.2, -0.15) is 5.10 Å². The van der Waals surface area contributed by atoms with Gasteiger partial charge in [-0.05, 0) is 38.8 Å². The summed E-state index contributed by atoms with van der Waals surface area (Å²) in [6, 6.07) is 2.63. The second-order valence-corrected chi connectivity index (χ2v) is 13.4. The van der Waals surface area contributed by atoms with Crippen LogP contribution in [0.25, 0.3) is 0 Å². The Bertz CT molecular complexity index is 1210. The Morgan fingerprint density at radius 3 is 2.38 bits per heavy atom. The zero-order valence-corrected chi connectivity index (χ0v) is 25.9. The summed E-state index contributed by atoms with van der Waals surface area (Å²) < 4.78 is 1.98. The normalized spacial score (nSPS) is 24.6. The molecule has 0 bridgehead atoms. The van der Waals surface area contributed by atoms with Gasteiger partial charge in [0.15, 0.2) is 5.82 Å². The van der Waals surface area contributed by atoms with E-state index in [1.54, 1.807) is 12.4 Å². The predicted octanol–water partition coefficient (Wildman–Crippen LogP) is 4.58. The number of amides is 1. The summed E-state index contributed by atoms with van der Waals surface area (Å²) >= 11 is 7.06. The van der Waals surface area contributed by atoms with Crippen molar-refractivity contribution in [1.82, 2.24) is 24.6 Å². The molecule has 10 nitrogen and oxygen atoms in total. The quantitative estimate of drug-likeness (QED) is 0.440. The van der Waals surface area contributed by atoms with E-state index in [2.05, 4.69) is 37.4 Å².